The number of pyridine rings is 1. The second kappa shape index (κ2) is 10.2. The number of esters is 1. The van der Waals surface area contributed by atoms with Gasteiger partial charge in [0.15, 0.2) is 5.43 Å². The molecule has 174 valence electrons. The number of aromatic nitrogens is 1. The maximum Gasteiger partial charge on any atom is 0.311 e. The molecule has 1 aromatic heterocycles. The average molecular weight is 460 g/mol. The highest BCUT2D eigenvalue weighted by molar-refractivity contribution is 5.97. The summed E-state index contributed by atoms with van der Waals surface area (Å²) in [6, 6.07) is 19.2. The molecule has 1 aliphatic rings. The molecule has 4 rings (SSSR count). The van der Waals surface area contributed by atoms with E-state index in [9.17, 15) is 19.2 Å². The summed E-state index contributed by atoms with van der Waals surface area (Å²) in [5.74, 6) is -1.80. The van der Waals surface area contributed by atoms with Crippen LogP contribution >= 0.6 is 0 Å². The first-order valence-electron chi connectivity index (χ1n) is 11.1. The number of nitrogens with one attached hydrogen (secondary N) is 3. The lowest BCUT2D eigenvalue weighted by molar-refractivity contribution is -0.144. The predicted molar refractivity (Wildman–Crippen MR) is 125 cm³/mol. The van der Waals surface area contributed by atoms with Crippen molar-refractivity contribution < 1.29 is 19.1 Å². The molecule has 8 nitrogen and oxygen atoms in total. The smallest absolute Gasteiger partial charge is 0.311 e. The lowest BCUT2D eigenvalue weighted by atomic mass is 9.98. The summed E-state index contributed by atoms with van der Waals surface area (Å²) in [5, 5.41) is 5.62. The zero-order chi connectivity index (χ0) is 24.1. The summed E-state index contributed by atoms with van der Waals surface area (Å²) in [6.45, 7) is 2.00. The van der Waals surface area contributed by atoms with E-state index in [0.29, 0.717) is 6.42 Å². The maximum atomic E-state index is 13.0. The van der Waals surface area contributed by atoms with Crippen LogP contribution in [0.3, 0.4) is 0 Å². The number of hydrogen-bond acceptors (Lipinski definition) is 5. The minimum absolute atomic E-state index is 0.0127. The average Bonchev–Trinajstić information content (AvgIpc) is 3.62. The maximum absolute atomic E-state index is 13.0. The van der Waals surface area contributed by atoms with Crippen LogP contribution in [0.25, 0.3) is 0 Å². The summed E-state index contributed by atoms with van der Waals surface area (Å²) in [5.41, 5.74) is 1.06. The first kappa shape index (κ1) is 23.0. The molecule has 1 aliphatic carbocycles. The number of benzene rings is 2. The Balaban J connectivity index is 1.47. The SMILES string of the molecule is CCOC(=O)[C@H]1C[C@@H]1NC(=O)c1cc(=O)c(C(=O)NC(c2ccccc2)c2ccccc2)c[nH]1. The summed E-state index contributed by atoms with van der Waals surface area (Å²) in [7, 11) is 0. The molecule has 2 atom stereocenters. The fourth-order valence-electron chi connectivity index (χ4n) is 3.75. The van der Waals surface area contributed by atoms with Gasteiger partial charge in [0.05, 0.1) is 18.6 Å². The molecular weight excluding hydrogens is 434 g/mol. The van der Waals surface area contributed by atoms with Crippen molar-refractivity contribution in [2.75, 3.05) is 6.61 Å². The summed E-state index contributed by atoms with van der Waals surface area (Å²) < 4.78 is 4.95. The Kier molecular flexibility index (Phi) is 6.87. The Morgan fingerprint density at radius 1 is 1.00 bits per heavy atom. The summed E-state index contributed by atoms with van der Waals surface area (Å²) in [6.07, 6.45) is 1.73. The van der Waals surface area contributed by atoms with E-state index in [-0.39, 0.29) is 35.8 Å². The highest BCUT2D eigenvalue weighted by Crippen LogP contribution is 2.31. The minimum Gasteiger partial charge on any atom is -0.466 e. The van der Waals surface area contributed by atoms with Crippen LogP contribution in [-0.4, -0.2) is 35.4 Å². The Labute approximate surface area is 196 Å². The van der Waals surface area contributed by atoms with E-state index >= 15 is 0 Å². The third-order valence-corrected chi connectivity index (χ3v) is 5.64. The molecule has 1 saturated carbocycles. The molecule has 2 aromatic carbocycles. The first-order chi connectivity index (χ1) is 16.5. The molecule has 0 unspecified atom stereocenters. The number of amides is 2. The van der Waals surface area contributed by atoms with E-state index in [1.54, 1.807) is 6.92 Å². The van der Waals surface area contributed by atoms with E-state index in [2.05, 4.69) is 15.6 Å². The van der Waals surface area contributed by atoms with Gasteiger partial charge >= 0.3 is 5.97 Å². The third kappa shape index (κ3) is 5.23. The lowest BCUT2D eigenvalue weighted by Crippen LogP contribution is -2.34. The highest BCUT2D eigenvalue weighted by Gasteiger charge is 2.45. The highest BCUT2D eigenvalue weighted by atomic mass is 16.5. The summed E-state index contributed by atoms with van der Waals surface area (Å²) >= 11 is 0. The monoisotopic (exact) mass is 459 g/mol. The standard InChI is InChI=1S/C26H25N3O5/c1-2-34-26(33)18-13-20(18)28-25(32)21-14-22(30)19(15-27-21)24(31)29-23(16-9-5-3-6-10-16)17-11-7-4-8-12-17/h3-12,14-15,18,20,23H,2,13H2,1H3,(H,27,30)(H,28,32)(H,29,31)/t18-,20-/m0/s1. The second-order valence-corrected chi connectivity index (χ2v) is 8.03. The van der Waals surface area contributed by atoms with E-state index < -0.39 is 23.3 Å². The molecule has 3 aromatic rings. The molecule has 34 heavy (non-hydrogen) atoms. The Morgan fingerprint density at radius 2 is 1.62 bits per heavy atom. The van der Waals surface area contributed by atoms with Crippen LogP contribution in [0.1, 0.15) is 51.4 Å². The van der Waals surface area contributed by atoms with Gasteiger partial charge in [0, 0.05) is 18.3 Å². The van der Waals surface area contributed by atoms with Crippen molar-refractivity contribution in [3.05, 3.63) is 106 Å². The number of rotatable bonds is 8. The topological polar surface area (TPSA) is 117 Å². The van der Waals surface area contributed by atoms with Gasteiger partial charge in [-0.05, 0) is 24.5 Å². The fourth-order valence-corrected chi connectivity index (χ4v) is 3.75. The van der Waals surface area contributed by atoms with Crippen molar-refractivity contribution in [2.45, 2.75) is 25.4 Å². The number of carbonyl (C=O) groups excluding carboxylic acids is 3. The predicted octanol–water partition coefficient (Wildman–Crippen LogP) is 2.58. The molecule has 0 spiro atoms. The molecule has 0 bridgehead atoms. The minimum atomic E-state index is -0.584. The fraction of sp³-hybridized carbons (Fsp3) is 0.231. The van der Waals surface area contributed by atoms with E-state index in [0.717, 1.165) is 17.2 Å². The van der Waals surface area contributed by atoms with Crippen molar-refractivity contribution in [1.82, 2.24) is 15.6 Å². The lowest BCUT2D eigenvalue weighted by Gasteiger charge is -2.20. The van der Waals surface area contributed by atoms with Gasteiger partial charge in [0.2, 0.25) is 0 Å². The third-order valence-electron chi connectivity index (χ3n) is 5.64. The van der Waals surface area contributed by atoms with Gasteiger partial charge in [0.25, 0.3) is 11.8 Å². The van der Waals surface area contributed by atoms with Gasteiger partial charge in [-0.2, -0.15) is 0 Å². The zero-order valence-corrected chi connectivity index (χ0v) is 18.6. The van der Waals surface area contributed by atoms with Gasteiger partial charge in [-0.15, -0.1) is 0 Å². The van der Waals surface area contributed by atoms with Gasteiger partial charge in [-0.25, -0.2) is 0 Å². The van der Waals surface area contributed by atoms with Gasteiger partial charge < -0.3 is 20.4 Å². The normalized spacial score (nSPS) is 16.5. The van der Waals surface area contributed by atoms with Crippen LogP contribution in [0, 0.1) is 5.92 Å². The Hall–Kier alpha value is -4.20. The molecular formula is C26H25N3O5. The van der Waals surface area contributed by atoms with Crippen LogP contribution in [0.5, 0.6) is 0 Å². The van der Waals surface area contributed by atoms with E-state index in [4.69, 9.17) is 4.74 Å². The van der Waals surface area contributed by atoms with E-state index in [1.807, 2.05) is 60.7 Å². The summed E-state index contributed by atoms with van der Waals surface area (Å²) in [4.78, 5) is 52.6. The first-order valence-corrected chi connectivity index (χ1v) is 11.1. The van der Waals surface area contributed by atoms with Crippen molar-refractivity contribution in [1.29, 1.82) is 0 Å². The van der Waals surface area contributed by atoms with Crippen molar-refractivity contribution in [3.8, 4) is 0 Å². The van der Waals surface area contributed by atoms with Gasteiger partial charge in [0.1, 0.15) is 11.3 Å². The van der Waals surface area contributed by atoms with Crippen LogP contribution in [0.15, 0.2) is 77.7 Å². The molecule has 0 radical (unpaired) electrons. The van der Waals surface area contributed by atoms with Crippen LogP contribution in [-0.2, 0) is 9.53 Å². The molecule has 8 heteroatoms. The van der Waals surface area contributed by atoms with Crippen molar-refractivity contribution in [3.63, 3.8) is 0 Å². The molecule has 0 saturated heterocycles. The molecule has 1 heterocycles. The molecule has 2 amide bonds. The van der Waals surface area contributed by atoms with Crippen molar-refractivity contribution in [2.24, 2.45) is 5.92 Å². The van der Waals surface area contributed by atoms with Crippen molar-refractivity contribution >= 4 is 17.8 Å². The van der Waals surface area contributed by atoms with Gasteiger partial charge in [-0.3, -0.25) is 19.2 Å². The molecule has 1 fully saturated rings. The molecule has 3 N–H and O–H groups in total. The number of hydrogen-bond donors (Lipinski definition) is 3. The Bertz CT molecular complexity index is 1200. The quantitative estimate of drug-likeness (QED) is 0.448. The number of aromatic amines is 1. The van der Waals surface area contributed by atoms with Gasteiger partial charge in [-0.1, -0.05) is 60.7 Å². The van der Waals surface area contributed by atoms with Crippen LogP contribution < -0.4 is 16.1 Å². The van der Waals surface area contributed by atoms with E-state index in [1.165, 1.54) is 6.20 Å². The number of ether oxygens (including phenoxy) is 1. The molecule has 0 aliphatic heterocycles. The zero-order valence-electron chi connectivity index (χ0n) is 18.6. The van der Waals surface area contributed by atoms with Crippen LogP contribution in [0.4, 0.5) is 0 Å². The van der Waals surface area contributed by atoms with Crippen LogP contribution in [0.2, 0.25) is 0 Å². The largest absolute Gasteiger partial charge is 0.466 e. The number of H-pyrrole nitrogens is 1. The number of carbonyl (C=O) groups is 3. The Morgan fingerprint density at radius 3 is 2.18 bits per heavy atom. The second-order valence-electron chi connectivity index (χ2n) is 8.03.